The van der Waals surface area contributed by atoms with E-state index < -0.39 is 0 Å². The zero-order valence-corrected chi connectivity index (χ0v) is 14.7. The Morgan fingerprint density at radius 3 is 2.69 bits per heavy atom. The second-order valence-electron chi connectivity index (χ2n) is 6.24. The van der Waals surface area contributed by atoms with Crippen molar-refractivity contribution >= 4 is 17.5 Å². The number of aromatic nitrogens is 2. The Morgan fingerprint density at radius 2 is 2.00 bits per heavy atom. The van der Waals surface area contributed by atoms with Crippen LogP contribution in [0.4, 0.5) is 5.69 Å². The molecule has 3 rings (SSSR count). The van der Waals surface area contributed by atoms with Crippen LogP contribution < -0.4 is 10.6 Å². The summed E-state index contributed by atoms with van der Waals surface area (Å²) in [5, 5.41) is 14.5. The Kier molecular flexibility index (Phi) is 5.32. The van der Waals surface area contributed by atoms with Gasteiger partial charge in [-0.1, -0.05) is 6.92 Å². The molecule has 0 fully saturated rings. The number of hydrogen-bond acceptors (Lipinski definition) is 4. The van der Waals surface area contributed by atoms with Crippen molar-refractivity contribution in [2.75, 3.05) is 11.9 Å². The monoisotopic (exact) mass is 351 g/mol. The van der Waals surface area contributed by atoms with Crippen LogP contribution >= 0.6 is 0 Å². The summed E-state index contributed by atoms with van der Waals surface area (Å²) in [5.41, 5.74) is 2.22. The maximum atomic E-state index is 12.7. The number of nitrogens with one attached hydrogen (secondary N) is 2. The second kappa shape index (κ2) is 7.83. The molecule has 0 saturated heterocycles. The fourth-order valence-electron chi connectivity index (χ4n) is 3.03. The lowest BCUT2D eigenvalue weighted by Gasteiger charge is -2.17. The zero-order valence-electron chi connectivity index (χ0n) is 14.7. The van der Waals surface area contributed by atoms with Gasteiger partial charge in [0.05, 0.1) is 17.3 Å². The molecule has 1 aliphatic heterocycles. The molecule has 1 aromatic carbocycles. The number of rotatable bonds is 5. The van der Waals surface area contributed by atoms with Gasteiger partial charge in [0.1, 0.15) is 0 Å². The minimum atomic E-state index is -0.338. The molecule has 2 heterocycles. The topological polar surface area (TPSA) is 99.8 Å². The van der Waals surface area contributed by atoms with Crippen molar-refractivity contribution in [1.82, 2.24) is 14.9 Å². The van der Waals surface area contributed by atoms with E-state index in [9.17, 15) is 9.59 Å². The van der Waals surface area contributed by atoms with E-state index in [0.717, 1.165) is 31.4 Å². The standard InChI is InChI=1S/C19H21N5O2/c1-2-10-21-19(26)17-23-16(15-5-3-4-11-24(15)17)18(25)22-14-8-6-13(12-20)7-9-14/h6-9H,2-5,10-11H2,1H3,(H,21,26)(H,22,25). The summed E-state index contributed by atoms with van der Waals surface area (Å²) >= 11 is 0. The summed E-state index contributed by atoms with van der Waals surface area (Å²) < 4.78 is 1.86. The van der Waals surface area contributed by atoms with Crippen molar-refractivity contribution in [3.8, 4) is 6.07 Å². The van der Waals surface area contributed by atoms with Gasteiger partial charge in [-0.05, 0) is 49.9 Å². The predicted molar refractivity (Wildman–Crippen MR) is 96.9 cm³/mol. The number of nitriles is 1. The average molecular weight is 351 g/mol. The molecule has 1 aromatic heterocycles. The lowest BCUT2D eigenvalue weighted by atomic mass is 10.1. The molecule has 2 N–H and O–H groups in total. The third-order valence-corrected chi connectivity index (χ3v) is 4.34. The molecule has 0 atom stereocenters. The molecular formula is C19H21N5O2. The van der Waals surface area contributed by atoms with E-state index in [0.29, 0.717) is 35.9 Å². The molecule has 0 unspecified atom stereocenters. The highest BCUT2D eigenvalue weighted by atomic mass is 16.2. The maximum absolute atomic E-state index is 12.7. The van der Waals surface area contributed by atoms with Gasteiger partial charge in [-0.15, -0.1) is 0 Å². The first kappa shape index (κ1) is 17.7. The third kappa shape index (κ3) is 3.59. The van der Waals surface area contributed by atoms with Crippen LogP contribution in [-0.4, -0.2) is 27.9 Å². The Hall–Kier alpha value is -3.14. The van der Waals surface area contributed by atoms with Gasteiger partial charge in [-0.3, -0.25) is 9.59 Å². The number of carbonyl (C=O) groups is 2. The summed E-state index contributed by atoms with van der Waals surface area (Å²) in [5.74, 6) is -0.277. The van der Waals surface area contributed by atoms with E-state index in [4.69, 9.17) is 5.26 Å². The summed E-state index contributed by atoms with van der Waals surface area (Å²) in [4.78, 5) is 29.5. The SMILES string of the molecule is CCCNC(=O)c1nc(C(=O)Nc2ccc(C#N)cc2)c2n1CCCC2. The summed E-state index contributed by atoms with van der Waals surface area (Å²) in [6, 6.07) is 8.67. The van der Waals surface area contributed by atoms with Crippen LogP contribution in [0.5, 0.6) is 0 Å². The summed E-state index contributed by atoms with van der Waals surface area (Å²) in [7, 11) is 0. The number of benzene rings is 1. The van der Waals surface area contributed by atoms with Crippen molar-refractivity contribution in [2.45, 2.75) is 39.2 Å². The maximum Gasteiger partial charge on any atom is 0.287 e. The van der Waals surface area contributed by atoms with Crippen LogP contribution in [0.15, 0.2) is 24.3 Å². The fraction of sp³-hybridized carbons (Fsp3) is 0.368. The van der Waals surface area contributed by atoms with Gasteiger partial charge >= 0.3 is 0 Å². The summed E-state index contributed by atoms with van der Waals surface area (Å²) in [6.07, 6.45) is 3.50. The van der Waals surface area contributed by atoms with Gasteiger partial charge in [0.15, 0.2) is 11.5 Å². The van der Waals surface area contributed by atoms with Gasteiger partial charge in [-0.25, -0.2) is 4.98 Å². The van der Waals surface area contributed by atoms with E-state index in [2.05, 4.69) is 15.6 Å². The van der Waals surface area contributed by atoms with E-state index in [1.807, 2.05) is 17.6 Å². The van der Waals surface area contributed by atoms with Crippen molar-refractivity contribution in [1.29, 1.82) is 5.26 Å². The van der Waals surface area contributed by atoms with E-state index in [-0.39, 0.29) is 11.8 Å². The Bertz CT molecular complexity index is 861. The van der Waals surface area contributed by atoms with Crippen molar-refractivity contribution < 1.29 is 9.59 Å². The van der Waals surface area contributed by atoms with Crippen LogP contribution in [0, 0.1) is 11.3 Å². The molecular weight excluding hydrogens is 330 g/mol. The zero-order chi connectivity index (χ0) is 18.5. The van der Waals surface area contributed by atoms with Crippen LogP contribution in [0.25, 0.3) is 0 Å². The highest BCUT2D eigenvalue weighted by Crippen LogP contribution is 2.22. The number of hydrogen-bond donors (Lipinski definition) is 2. The number of amides is 2. The number of fused-ring (bicyclic) bond motifs is 1. The minimum Gasteiger partial charge on any atom is -0.349 e. The predicted octanol–water partition coefficient (Wildman–Crippen LogP) is 2.48. The van der Waals surface area contributed by atoms with Crippen LogP contribution in [0.2, 0.25) is 0 Å². The molecule has 134 valence electrons. The normalized spacial score (nSPS) is 12.8. The minimum absolute atomic E-state index is 0.243. The van der Waals surface area contributed by atoms with E-state index in [1.165, 1.54) is 0 Å². The number of carbonyl (C=O) groups excluding carboxylic acids is 2. The van der Waals surface area contributed by atoms with Crippen LogP contribution in [-0.2, 0) is 13.0 Å². The molecule has 0 aliphatic carbocycles. The molecule has 0 saturated carbocycles. The van der Waals surface area contributed by atoms with Gasteiger partial charge in [0.25, 0.3) is 11.8 Å². The Morgan fingerprint density at radius 1 is 1.23 bits per heavy atom. The second-order valence-corrected chi connectivity index (χ2v) is 6.24. The fourth-order valence-corrected chi connectivity index (χ4v) is 3.03. The first-order chi connectivity index (χ1) is 12.6. The molecule has 0 spiro atoms. The average Bonchev–Trinajstić information content (AvgIpc) is 3.06. The highest BCUT2D eigenvalue weighted by Gasteiger charge is 2.27. The quantitative estimate of drug-likeness (QED) is 0.864. The lowest BCUT2D eigenvalue weighted by molar-refractivity contribution is 0.0937. The smallest absolute Gasteiger partial charge is 0.287 e. The molecule has 1 aliphatic rings. The van der Waals surface area contributed by atoms with Gasteiger partial charge < -0.3 is 15.2 Å². The largest absolute Gasteiger partial charge is 0.349 e. The highest BCUT2D eigenvalue weighted by molar-refractivity contribution is 6.05. The first-order valence-corrected chi connectivity index (χ1v) is 8.83. The molecule has 7 nitrogen and oxygen atoms in total. The van der Waals surface area contributed by atoms with Gasteiger partial charge in [-0.2, -0.15) is 5.26 Å². The molecule has 26 heavy (non-hydrogen) atoms. The molecule has 2 aromatic rings. The molecule has 7 heteroatoms. The van der Waals surface area contributed by atoms with Gasteiger partial charge in [0, 0.05) is 18.8 Å². The molecule has 2 amide bonds. The van der Waals surface area contributed by atoms with Crippen molar-refractivity contribution in [3.05, 3.63) is 47.0 Å². The van der Waals surface area contributed by atoms with E-state index >= 15 is 0 Å². The summed E-state index contributed by atoms with van der Waals surface area (Å²) in [6.45, 7) is 3.26. The number of anilines is 1. The van der Waals surface area contributed by atoms with Crippen LogP contribution in [0.1, 0.15) is 58.6 Å². The molecule has 0 bridgehead atoms. The number of nitrogens with zero attached hydrogens (tertiary/aromatic N) is 3. The van der Waals surface area contributed by atoms with E-state index in [1.54, 1.807) is 24.3 Å². The lowest BCUT2D eigenvalue weighted by Crippen LogP contribution is -2.28. The van der Waals surface area contributed by atoms with Crippen molar-refractivity contribution in [3.63, 3.8) is 0 Å². The van der Waals surface area contributed by atoms with Crippen molar-refractivity contribution in [2.24, 2.45) is 0 Å². The Balaban J connectivity index is 1.86. The third-order valence-electron chi connectivity index (χ3n) is 4.34. The van der Waals surface area contributed by atoms with Crippen LogP contribution in [0.3, 0.4) is 0 Å². The van der Waals surface area contributed by atoms with Gasteiger partial charge in [0.2, 0.25) is 0 Å². The first-order valence-electron chi connectivity index (χ1n) is 8.83. The molecule has 0 radical (unpaired) electrons. The Labute approximate surface area is 152 Å². The number of imidazole rings is 1.